The highest BCUT2D eigenvalue weighted by Crippen LogP contribution is 1.94. The van der Waals surface area contributed by atoms with E-state index in [9.17, 15) is 9.70 Å². The van der Waals surface area contributed by atoms with Crippen molar-refractivity contribution in [3.63, 3.8) is 0 Å². The molecule has 0 aliphatic heterocycles. The molecular formula is C6H9NO2. The highest BCUT2D eigenvalue weighted by Gasteiger charge is 1.99. The fraction of sp³-hybridized carbons (Fsp3) is 0.500. The first-order valence-corrected chi connectivity index (χ1v) is 2.66. The Labute approximate surface area is 53.7 Å². The average Bonchev–Trinajstić information content (AvgIpc) is 1.82. The van der Waals surface area contributed by atoms with Gasteiger partial charge in [-0.25, -0.2) is 0 Å². The largest absolute Gasteiger partial charge is 0.295 e. The van der Waals surface area contributed by atoms with E-state index in [0.29, 0.717) is 5.57 Å². The van der Waals surface area contributed by atoms with Gasteiger partial charge in [0.1, 0.15) is 0 Å². The third-order valence-electron chi connectivity index (χ3n) is 0.906. The second-order valence-electron chi connectivity index (χ2n) is 1.81. The second kappa shape index (κ2) is 3.95. The fourth-order valence-electron chi connectivity index (χ4n) is 0.361. The normalized spacial score (nSPS) is 8.56. The van der Waals surface area contributed by atoms with Gasteiger partial charge in [0.05, 0.1) is 6.54 Å². The van der Waals surface area contributed by atoms with Crippen molar-refractivity contribution in [2.75, 3.05) is 6.54 Å². The summed E-state index contributed by atoms with van der Waals surface area (Å²) in [6.07, 6.45) is 0.193. The molecule has 0 fully saturated rings. The van der Waals surface area contributed by atoms with Crippen molar-refractivity contribution in [2.24, 2.45) is 5.18 Å². The molecule has 0 unspecified atom stereocenters. The molecule has 0 saturated heterocycles. The van der Waals surface area contributed by atoms with Gasteiger partial charge in [-0.3, -0.25) is 4.79 Å². The number of hydrogen-bond acceptors (Lipinski definition) is 3. The van der Waals surface area contributed by atoms with Crippen LogP contribution in [0.2, 0.25) is 0 Å². The Morgan fingerprint density at radius 1 is 1.67 bits per heavy atom. The Bertz CT molecular complexity index is 140. The van der Waals surface area contributed by atoms with Crippen LogP contribution in [0.1, 0.15) is 13.3 Å². The molecule has 0 aromatic rings. The molecule has 0 radical (unpaired) electrons. The number of hydrogen-bond donors (Lipinski definition) is 0. The lowest BCUT2D eigenvalue weighted by atomic mass is 10.2. The van der Waals surface area contributed by atoms with Crippen LogP contribution in [0.15, 0.2) is 17.3 Å². The summed E-state index contributed by atoms with van der Waals surface area (Å²) in [5, 5.41) is 2.55. The topological polar surface area (TPSA) is 46.5 Å². The molecule has 0 aliphatic rings. The van der Waals surface area contributed by atoms with Crippen LogP contribution in [0.3, 0.4) is 0 Å². The summed E-state index contributed by atoms with van der Waals surface area (Å²) >= 11 is 0. The van der Waals surface area contributed by atoms with E-state index in [1.807, 2.05) is 0 Å². The van der Waals surface area contributed by atoms with Crippen LogP contribution in [0.25, 0.3) is 0 Å². The van der Waals surface area contributed by atoms with Gasteiger partial charge in [0.2, 0.25) is 0 Å². The Balaban J connectivity index is 3.51. The summed E-state index contributed by atoms with van der Waals surface area (Å²) < 4.78 is 0. The number of carbonyl (C=O) groups excluding carboxylic acids is 1. The SMILES string of the molecule is C=C(C)C(=O)CCN=O. The maximum atomic E-state index is 10.6. The van der Waals surface area contributed by atoms with Gasteiger partial charge in [-0.1, -0.05) is 11.8 Å². The lowest BCUT2D eigenvalue weighted by molar-refractivity contribution is -0.115. The summed E-state index contributed by atoms with van der Waals surface area (Å²) in [5.74, 6) is -0.0883. The van der Waals surface area contributed by atoms with Crippen LogP contribution < -0.4 is 0 Å². The molecule has 0 amide bonds. The minimum absolute atomic E-state index is 0.0612. The van der Waals surface area contributed by atoms with Gasteiger partial charge in [0.25, 0.3) is 0 Å². The molecule has 0 saturated carbocycles. The van der Waals surface area contributed by atoms with Crippen LogP contribution in [0.4, 0.5) is 0 Å². The van der Waals surface area contributed by atoms with E-state index in [2.05, 4.69) is 11.8 Å². The maximum Gasteiger partial charge on any atom is 0.159 e. The van der Waals surface area contributed by atoms with Crippen LogP contribution in [0, 0.1) is 4.91 Å². The molecule has 0 bridgehead atoms. The van der Waals surface area contributed by atoms with E-state index in [0.717, 1.165) is 0 Å². The van der Waals surface area contributed by atoms with E-state index < -0.39 is 0 Å². The van der Waals surface area contributed by atoms with Crippen LogP contribution in [-0.2, 0) is 4.79 Å². The van der Waals surface area contributed by atoms with Crippen molar-refractivity contribution in [3.8, 4) is 0 Å². The summed E-state index contributed by atoms with van der Waals surface area (Å²) in [4.78, 5) is 20.1. The van der Waals surface area contributed by atoms with Gasteiger partial charge in [0.15, 0.2) is 5.78 Å². The number of rotatable bonds is 4. The Morgan fingerprint density at radius 3 is 2.56 bits per heavy atom. The first kappa shape index (κ1) is 8.01. The van der Waals surface area contributed by atoms with E-state index in [1.54, 1.807) is 6.92 Å². The van der Waals surface area contributed by atoms with Crippen molar-refractivity contribution in [3.05, 3.63) is 17.1 Å². The fourth-order valence-corrected chi connectivity index (χ4v) is 0.361. The average molecular weight is 127 g/mol. The molecule has 0 atom stereocenters. The van der Waals surface area contributed by atoms with Gasteiger partial charge in [0, 0.05) is 6.42 Å². The van der Waals surface area contributed by atoms with Crippen molar-refractivity contribution in [2.45, 2.75) is 13.3 Å². The number of nitroso groups, excluding NO2 is 1. The van der Waals surface area contributed by atoms with Crippen molar-refractivity contribution >= 4 is 5.78 Å². The second-order valence-corrected chi connectivity index (χ2v) is 1.81. The maximum absolute atomic E-state index is 10.6. The van der Waals surface area contributed by atoms with Crippen molar-refractivity contribution in [1.82, 2.24) is 0 Å². The third kappa shape index (κ3) is 3.58. The Hall–Kier alpha value is -0.990. The molecule has 0 aromatic heterocycles. The molecule has 0 aromatic carbocycles. The highest BCUT2D eigenvalue weighted by atomic mass is 16.3. The molecule has 3 nitrogen and oxygen atoms in total. The van der Waals surface area contributed by atoms with Gasteiger partial charge >= 0.3 is 0 Å². The van der Waals surface area contributed by atoms with Gasteiger partial charge in [-0.15, -0.1) is 0 Å². The number of nitrogens with zero attached hydrogens (tertiary/aromatic N) is 1. The smallest absolute Gasteiger partial charge is 0.159 e. The van der Waals surface area contributed by atoms with Gasteiger partial charge < -0.3 is 0 Å². The lowest BCUT2D eigenvalue weighted by Crippen LogP contribution is -1.99. The molecule has 0 heterocycles. The summed E-state index contributed by atoms with van der Waals surface area (Å²) in [6.45, 7) is 5.09. The van der Waals surface area contributed by atoms with E-state index in [-0.39, 0.29) is 18.7 Å². The minimum Gasteiger partial charge on any atom is -0.295 e. The quantitative estimate of drug-likeness (QED) is 0.422. The summed E-state index contributed by atoms with van der Waals surface area (Å²) in [6, 6.07) is 0. The molecule has 0 N–H and O–H groups in total. The van der Waals surface area contributed by atoms with E-state index in [4.69, 9.17) is 0 Å². The van der Waals surface area contributed by atoms with E-state index >= 15 is 0 Å². The monoisotopic (exact) mass is 127 g/mol. The van der Waals surface area contributed by atoms with Gasteiger partial charge in [-0.2, -0.15) is 4.91 Å². The highest BCUT2D eigenvalue weighted by molar-refractivity contribution is 5.94. The Kier molecular flexibility index (Phi) is 3.51. The standard InChI is InChI=1S/C6H9NO2/c1-5(2)6(8)3-4-7-9/h1,3-4H2,2H3. The molecule has 0 rings (SSSR count). The molecule has 50 valence electrons. The van der Waals surface area contributed by atoms with Crippen LogP contribution >= 0.6 is 0 Å². The minimum atomic E-state index is -0.0883. The number of allylic oxidation sites excluding steroid dienone is 1. The molecular weight excluding hydrogens is 118 g/mol. The zero-order valence-electron chi connectivity index (χ0n) is 5.39. The molecule has 0 aliphatic carbocycles. The zero-order chi connectivity index (χ0) is 7.28. The van der Waals surface area contributed by atoms with Crippen molar-refractivity contribution in [1.29, 1.82) is 0 Å². The third-order valence-corrected chi connectivity index (χ3v) is 0.906. The Morgan fingerprint density at radius 2 is 2.22 bits per heavy atom. The first-order valence-electron chi connectivity index (χ1n) is 2.66. The van der Waals surface area contributed by atoms with Crippen molar-refractivity contribution < 1.29 is 4.79 Å². The zero-order valence-corrected chi connectivity index (χ0v) is 5.39. The molecule has 0 spiro atoms. The number of ketones is 1. The molecule has 3 heteroatoms. The predicted octanol–water partition coefficient (Wildman–Crippen LogP) is 1.29. The van der Waals surface area contributed by atoms with Gasteiger partial charge in [-0.05, 0) is 12.5 Å². The molecule has 9 heavy (non-hydrogen) atoms. The van der Waals surface area contributed by atoms with E-state index in [1.165, 1.54) is 0 Å². The first-order chi connectivity index (χ1) is 4.18. The number of carbonyl (C=O) groups is 1. The van der Waals surface area contributed by atoms with Crippen LogP contribution in [-0.4, -0.2) is 12.3 Å². The summed E-state index contributed by atoms with van der Waals surface area (Å²) in [7, 11) is 0. The summed E-state index contributed by atoms with van der Waals surface area (Å²) in [5.41, 5.74) is 0.485. The predicted molar refractivity (Wildman–Crippen MR) is 35.1 cm³/mol. The lowest BCUT2D eigenvalue weighted by Gasteiger charge is -1.91. The van der Waals surface area contributed by atoms with Crippen LogP contribution in [0.5, 0.6) is 0 Å². The number of Topliss-reactive ketones (excluding diaryl/α,β-unsaturated/α-hetero) is 1.